The zero-order valence-corrected chi connectivity index (χ0v) is 31.9. The molecule has 7 aromatic rings. The second-order valence-corrected chi connectivity index (χ2v) is 15.8. The van der Waals surface area contributed by atoms with E-state index < -0.39 is 0 Å². The maximum atomic E-state index is 5.43. The number of hydrogen-bond acceptors (Lipinski definition) is 3. The summed E-state index contributed by atoms with van der Waals surface area (Å²) in [7, 11) is 0. The van der Waals surface area contributed by atoms with E-state index in [0.29, 0.717) is 0 Å². The Morgan fingerprint density at radius 1 is 0.667 bits per heavy atom. The number of thiophene rings is 1. The van der Waals surface area contributed by atoms with E-state index >= 15 is 0 Å². The molecule has 0 atom stereocenters. The van der Waals surface area contributed by atoms with Gasteiger partial charge >= 0.3 is 21.1 Å². The molecule has 7 rings (SSSR count). The monoisotopic (exact) mass is 823 g/mol. The Balaban J connectivity index is 0.00000401. The van der Waals surface area contributed by atoms with Crippen LogP contribution in [0.25, 0.3) is 65.2 Å². The number of aromatic nitrogens is 2. The summed E-state index contributed by atoms with van der Waals surface area (Å²) in [5, 5.41) is 3.51. The van der Waals surface area contributed by atoms with Crippen molar-refractivity contribution in [2.45, 2.75) is 66.2 Å². The van der Waals surface area contributed by atoms with Gasteiger partial charge in [0.2, 0.25) is 0 Å². The van der Waals surface area contributed by atoms with Crippen LogP contribution in [-0.2, 0) is 31.9 Å². The number of nitrogens with zero attached hydrogens (tertiary/aromatic N) is 2. The van der Waals surface area contributed by atoms with Crippen LogP contribution >= 0.6 is 11.3 Å². The van der Waals surface area contributed by atoms with Crippen molar-refractivity contribution in [1.82, 2.24) is 9.97 Å². The van der Waals surface area contributed by atoms with Crippen molar-refractivity contribution >= 4 is 32.2 Å². The molecule has 0 spiro atoms. The molecule has 4 aromatic carbocycles. The van der Waals surface area contributed by atoms with Crippen LogP contribution < -0.4 is 0 Å². The third-order valence-corrected chi connectivity index (χ3v) is 10.1. The summed E-state index contributed by atoms with van der Waals surface area (Å²) in [5.74, 6) is 0. The maximum Gasteiger partial charge on any atom is 2.00 e. The van der Waals surface area contributed by atoms with Crippen LogP contribution in [0.1, 0.15) is 63.8 Å². The molecule has 0 aliphatic carbocycles. The van der Waals surface area contributed by atoms with E-state index in [1.807, 2.05) is 29.5 Å². The summed E-state index contributed by atoms with van der Waals surface area (Å²) in [6, 6.07) is 41.8. The first-order valence-corrected chi connectivity index (χ1v) is 17.1. The van der Waals surface area contributed by atoms with Gasteiger partial charge in [-0.3, -0.25) is 9.97 Å². The molecule has 4 heteroatoms. The van der Waals surface area contributed by atoms with Crippen LogP contribution in [0.2, 0.25) is 0 Å². The molecule has 0 radical (unpaired) electrons. The van der Waals surface area contributed by atoms with E-state index in [-0.39, 0.29) is 31.9 Å². The van der Waals surface area contributed by atoms with Gasteiger partial charge in [0.15, 0.2) is 0 Å². The normalized spacial score (nSPS) is 12.0. The van der Waals surface area contributed by atoms with Crippen molar-refractivity contribution in [2.75, 3.05) is 0 Å². The number of hydrogen-bond donors (Lipinski definition) is 0. The van der Waals surface area contributed by atoms with Gasteiger partial charge in [-0.15, -0.1) is 76.4 Å². The predicted octanol–water partition coefficient (Wildman–Crippen LogP) is 12.3. The van der Waals surface area contributed by atoms with Gasteiger partial charge in [-0.05, 0) is 70.6 Å². The van der Waals surface area contributed by atoms with Gasteiger partial charge in [0.1, 0.15) is 0 Å². The van der Waals surface area contributed by atoms with E-state index in [0.717, 1.165) is 44.9 Å². The molecule has 48 heavy (non-hydrogen) atoms. The SMILES string of the molecule is Cc1cc(-c2[c-]cccc2)nc(-c2cc3cc(-c4ccc(C(C)(C)C)cc4C)sc3c(-c3[c-]c4ccccc4c(C(C)(C)C)c3)n2)c1.[Pt+2]. The number of fused-ring (bicyclic) bond motifs is 2. The molecule has 3 aromatic heterocycles. The number of rotatable bonds is 4. The first-order chi connectivity index (χ1) is 22.3. The van der Waals surface area contributed by atoms with E-state index in [2.05, 4.69) is 146 Å². The maximum absolute atomic E-state index is 5.43. The Morgan fingerprint density at radius 3 is 2.10 bits per heavy atom. The van der Waals surface area contributed by atoms with E-state index in [9.17, 15) is 0 Å². The topological polar surface area (TPSA) is 25.8 Å². The molecule has 2 nitrogen and oxygen atoms in total. The van der Waals surface area contributed by atoms with E-state index in [1.54, 1.807) is 0 Å². The van der Waals surface area contributed by atoms with Crippen LogP contribution in [0.3, 0.4) is 0 Å². The molecule has 0 fully saturated rings. The molecular formula is C44H40N2PtS. The zero-order valence-electron chi connectivity index (χ0n) is 28.9. The van der Waals surface area contributed by atoms with E-state index in [1.165, 1.54) is 42.6 Å². The Morgan fingerprint density at radius 2 is 1.40 bits per heavy atom. The molecule has 0 saturated carbocycles. The van der Waals surface area contributed by atoms with Crippen LogP contribution in [-0.4, -0.2) is 9.97 Å². The quantitative estimate of drug-likeness (QED) is 0.165. The molecule has 0 N–H and O–H groups in total. The average Bonchev–Trinajstić information content (AvgIpc) is 3.47. The first kappa shape index (κ1) is 34.0. The third kappa shape index (κ3) is 6.56. The van der Waals surface area contributed by atoms with Crippen molar-refractivity contribution in [3.8, 4) is 44.3 Å². The Bertz CT molecular complexity index is 2280. The molecule has 3 heterocycles. The van der Waals surface area contributed by atoms with Crippen LogP contribution in [0.5, 0.6) is 0 Å². The third-order valence-electron chi connectivity index (χ3n) is 8.91. The zero-order chi connectivity index (χ0) is 33.1. The minimum absolute atomic E-state index is 0. The molecule has 0 saturated heterocycles. The van der Waals surface area contributed by atoms with Crippen LogP contribution in [0.4, 0.5) is 0 Å². The fourth-order valence-electron chi connectivity index (χ4n) is 6.37. The summed E-state index contributed by atoms with van der Waals surface area (Å²) in [5.41, 5.74) is 11.9. The van der Waals surface area contributed by atoms with Gasteiger partial charge in [-0.2, -0.15) is 0 Å². The second-order valence-electron chi connectivity index (χ2n) is 14.7. The number of pyridine rings is 2. The van der Waals surface area contributed by atoms with Gasteiger partial charge in [0.25, 0.3) is 0 Å². The summed E-state index contributed by atoms with van der Waals surface area (Å²) in [6.45, 7) is 18.0. The van der Waals surface area contributed by atoms with Crippen molar-refractivity contribution in [2.24, 2.45) is 0 Å². The van der Waals surface area contributed by atoms with Crippen molar-refractivity contribution < 1.29 is 21.1 Å². The fourth-order valence-corrected chi connectivity index (χ4v) is 7.60. The molecule has 0 amide bonds. The van der Waals surface area contributed by atoms with Crippen LogP contribution in [0, 0.1) is 26.0 Å². The molecular weight excluding hydrogens is 784 g/mol. The summed E-state index contributed by atoms with van der Waals surface area (Å²) in [6.07, 6.45) is 0. The standard InChI is InChI=1S/C44H40N2S.Pt/c1-27-20-37(29-14-10-9-11-15-29)45-38(21-27)39-25-32-26-40(34-19-18-33(22-28(34)2)43(3,4)5)47-42(32)41(46-39)31-23-30-16-12-13-17-35(30)36(24-31)44(6,7)8;/h9-14,16-22,24-26H,1-8H3;/q-2;+2. The molecule has 242 valence electrons. The Hall–Kier alpha value is -3.91. The largest absolute Gasteiger partial charge is 2.00 e. The van der Waals surface area contributed by atoms with Crippen molar-refractivity contribution in [3.05, 3.63) is 131 Å². The average molecular weight is 824 g/mol. The molecule has 0 bridgehead atoms. The van der Waals surface area contributed by atoms with Gasteiger partial charge in [-0.1, -0.05) is 101 Å². The predicted molar refractivity (Wildman–Crippen MR) is 201 cm³/mol. The number of benzene rings is 4. The first-order valence-electron chi connectivity index (χ1n) is 16.3. The molecule has 0 aliphatic rings. The second kappa shape index (κ2) is 12.8. The minimum Gasteiger partial charge on any atom is -0.295 e. The molecule has 0 unspecified atom stereocenters. The van der Waals surface area contributed by atoms with Crippen molar-refractivity contribution in [1.29, 1.82) is 0 Å². The van der Waals surface area contributed by atoms with Gasteiger partial charge in [0, 0.05) is 15.3 Å². The summed E-state index contributed by atoms with van der Waals surface area (Å²) in [4.78, 5) is 11.8. The van der Waals surface area contributed by atoms with Crippen molar-refractivity contribution in [3.63, 3.8) is 0 Å². The summed E-state index contributed by atoms with van der Waals surface area (Å²) < 4.78 is 1.17. The smallest absolute Gasteiger partial charge is 0.295 e. The minimum atomic E-state index is -0.0497. The Kier molecular flexibility index (Phi) is 9.09. The molecule has 0 aliphatic heterocycles. The van der Waals surface area contributed by atoms with E-state index in [4.69, 9.17) is 9.97 Å². The number of aryl methyl sites for hydroxylation is 2. The Labute approximate surface area is 303 Å². The van der Waals surface area contributed by atoms with Crippen LogP contribution in [0.15, 0.2) is 97.1 Å². The van der Waals surface area contributed by atoms with Gasteiger partial charge in [-0.25, -0.2) is 0 Å². The summed E-state index contributed by atoms with van der Waals surface area (Å²) >= 11 is 1.82. The fraction of sp³-hybridized carbons (Fsp3) is 0.227. The van der Waals surface area contributed by atoms with Gasteiger partial charge in [0.05, 0.1) is 11.4 Å². The van der Waals surface area contributed by atoms with Gasteiger partial charge < -0.3 is 0 Å².